The van der Waals surface area contributed by atoms with E-state index in [0.29, 0.717) is 5.50 Å². The quantitative estimate of drug-likeness (QED) is 0.658. The summed E-state index contributed by atoms with van der Waals surface area (Å²) in [4.78, 5) is 2.19. The Balaban J connectivity index is 1.98. The summed E-state index contributed by atoms with van der Waals surface area (Å²) in [7, 11) is 4.20. The number of likely N-dealkylation sites (N-methyl/N-ethyl adjacent to an activating group) is 1. The molecule has 0 aromatic carbocycles. The van der Waals surface area contributed by atoms with Crippen LogP contribution in [0.5, 0.6) is 0 Å². The van der Waals surface area contributed by atoms with Crippen molar-refractivity contribution in [1.29, 1.82) is 0 Å². The van der Waals surface area contributed by atoms with E-state index in [2.05, 4.69) is 29.6 Å². The minimum atomic E-state index is 0.485. The van der Waals surface area contributed by atoms with Crippen molar-refractivity contribution in [1.82, 2.24) is 15.5 Å². The molecule has 3 nitrogen and oxygen atoms in total. The normalized spacial score (nSPS) is 24.8. The summed E-state index contributed by atoms with van der Waals surface area (Å²) in [5, 5.41) is 6.89. The van der Waals surface area contributed by atoms with Gasteiger partial charge in [0.1, 0.15) is 5.50 Å². The van der Waals surface area contributed by atoms with E-state index in [0.717, 1.165) is 19.6 Å². The minimum absolute atomic E-state index is 0.485. The second kappa shape index (κ2) is 5.80. The van der Waals surface area contributed by atoms with Crippen LogP contribution in [-0.2, 0) is 0 Å². The third-order valence-electron chi connectivity index (χ3n) is 1.82. The Morgan fingerprint density at radius 3 is 3.00 bits per heavy atom. The number of rotatable bonds is 4. The van der Waals surface area contributed by atoms with Gasteiger partial charge in [0.15, 0.2) is 0 Å². The van der Waals surface area contributed by atoms with E-state index in [1.807, 2.05) is 11.8 Å². The van der Waals surface area contributed by atoms with Gasteiger partial charge in [-0.3, -0.25) is 10.6 Å². The molecule has 0 amide bonds. The van der Waals surface area contributed by atoms with Gasteiger partial charge in [0.25, 0.3) is 0 Å². The molecule has 2 N–H and O–H groups in total. The highest BCUT2D eigenvalue weighted by molar-refractivity contribution is 7.99. The van der Waals surface area contributed by atoms with Crippen LogP contribution < -0.4 is 10.6 Å². The molecule has 0 aromatic heterocycles. The third kappa shape index (κ3) is 4.30. The predicted octanol–water partition coefficient (Wildman–Crippen LogP) is 0.148. The average molecular weight is 189 g/mol. The molecule has 1 aliphatic rings. The van der Waals surface area contributed by atoms with Crippen molar-refractivity contribution >= 4 is 11.8 Å². The highest BCUT2D eigenvalue weighted by Gasteiger charge is 2.10. The molecular weight excluding hydrogens is 170 g/mol. The van der Waals surface area contributed by atoms with Gasteiger partial charge < -0.3 is 4.90 Å². The SMILES string of the molecule is CN(C)CCNC1NCCCS1. The topological polar surface area (TPSA) is 27.3 Å². The van der Waals surface area contributed by atoms with Crippen molar-refractivity contribution in [3.8, 4) is 0 Å². The summed E-state index contributed by atoms with van der Waals surface area (Å²) in [6.45, 7) is 3.34. The third-order valence-corrected chi connectivity index (χ3v) is 3.02. The monoisotopic (exact) mass is 189 g/mol. The van der Waals surface area contributed by atoms with Crippen molar-refractivity contribution in [3.05, 3.63) is 0 Å². The maximum absolute atomic E-state index is 3.46. The maximum Gasteiger partial charge on any atom is 0.105 e. The lowest BCUT2D eigenvalue weighted by molar-refractivity contribution is 0.389. The Labute approximate surface area is 79.3 Å². The zero-order valence-electron chi connectivity index (χ0n) is 7.97. The van der Waals surface area contributed by atoms with Gasteiger partial charge in [0, 0.05) is 13.1 Å². The summed E-state index contributed by atoms with van der Waals surface area (Å²) < 4.78 is 0. The molecule has 0 radical (unpaired) electrons. The standard InChI is InChI=1S/C8H19N3S/c1-11(2)6-5-10-8-9-4-3-7-12-8/h8-10H,3-7H2,1-2H3. The molecule has 1 heterocycles. The van der Waals surface area contributed by atoms with E-state index in [9.17, 15) is 0 Å². The number of thioether (sulfide) groups is 1. The molecule has 0 aliphatic carbocycles. The Kier molecular flexibility index (Phi) is 4.99. The van der Waals surface area contributed by atoms with Crippen molar-refractivity contribution in [3.63, 3.8) is 0 Å². The first kappa shape index (κ1) is 10.3. The number of nitrogens with zero attached hydrogens (tertiary/aromatic N) is 1. The Morgan fingerprint density at radius 1 is 1.58 bits per heavy atom. The van der Waals surface area contributed by atoms with Crippen LogP contribution in [0.1, 0.15) is 6.42 Å². The zero-order chi connectivity index (χ0) is 8.81. The van der Waals surface area contributed by atoms with Crippen molar-refractivity contribution < 1.29 is 0 Å². The van der Waals surface area contributed by atoms with Crippen LogP contribution in [0.15, 0.2) is 0 Å². The lowest BCUT2D eigenvalue weighted by atomic mass is 10.5. The van der Waals surface area contributed by atoms with Gasteiger partial charge in [-0.25, -0.2) is 0 Å². The summed E-state index contributed by atoms with van der Waals surface area (Å²) >= 11 is 1.97. The molecule has 1 atom stereocenters. The van der Waals surface area contributed by atoms with Gasteiger partial charge in [-0.05, 0) is 32.8 Å². The van der Waals surface area contributed by atoms with Crippen molar-refractivity contribution in [2.75, 3.05) is 39.5 Å². The number of nitrogens with one attached hydrogen (secondary N) is 2. The van der Waals surface area contributed by atoms with E-state index in [1.54, 1.807) is 0 Å². The Morgan fingerprint density at radius 2 is 2.42 bits per heavy atom. The molecule has 1 saturated heterocycles. The highest BCUT2D eigenvalue weighted by atomic mass is 32.2. The summed E-state index contributed by atoms with van der Waals surface area (Å²) in [5.41, 5.74) is 0.485. The van der Waals surface area contributed by atoms with Gasteiger partial charge in [0.05, 0.1) is 0 Å². The van der Waals surface area contributed by atoms with Crippen molar-refractivity contribution in [2.24, 2.45) is 0 Å². The number of hydrogen-bond donors (Lipinski definition) is 2. The highest BCUT2D eigenvalue weighted by Crippen LogP contribution is 2.10. The molecule has 12 heavy (non-hydrogen) atoms. The van der Waals surface area contributed by atoms with Crippen LogP contribution in [0.2, 0.25) is 0 Å². The molecular formula is C8H19N3S. The lowest BCUT2D eigenvalue weighted by Gasteiger charge is -2.24. The summed E-state index contributed by atoms with van der Waals surface area (Å²) in [5.74, 6) is 1.28. The fourth-order valence-electron chi connectivity index (χ4n) is 1.12. The first-order valence-electron chi connectivity index (χ1n) is 4.52. The fourth-order valence-corrected chi connectivity index (χ4v) is 2.13. The van der Waals surface area contributed by atoms with Crippen molar-refractivity contribution in [2.45, 2.75) is 11.9 Å². The second-order valence-electron chi connectivity index (χ2n) is 3.32. The van der Waals surface area contributed by atoms with E-state index < -0.39 is 0 Å². The van der Waals surface area contributed by atoms with Gasteiger partial charge in [-0.2, -0.15) is 0 Å². The van der Waals surface area contributed by atoms with Crippen LogP contribution in [0.4, 0.5) is 0 Å². The predicted molar refractivity (Wildman–Crippen MR) is 55.4 cm³/mol. The fraction of sp³-hybridized carbons (Fsp3) is 1.00. The van der Waals surface area contributed by atoms with Gasteiger partial charge >= 0.3 is 0 Å². The molecule has 0 bridgehead atoms. The molecule has 1 fully saturated rings. The molecule has 0 saturated carbocycles. The van der Waals surface area contributed by atoms with Crippen LogP contribution in [0, 0.1) is 0 Å². The van der Waals surface area contributed by atoms with Crippen LogP contribution >= 0.6 is 11.8 Å². The largest absolute Gasteiger partial charge is 0.308 e. The summed E-state index contributed by atoms with van der Waals surface area (Å²) in [6, 6.07) is 0. The van der Waals surface area contributed by atoms with Crippen LogP contribution in [0.3, 0.4) is 0 Å². The first-order valence-corrected chi connectivity index (χ1v) is 5.57. The van der Waals surface area contributed by atoms with Gasteiger partial charge in [0.2, 0.25) is 0 Å². The molecule has 1 unspecified atom stereocenters. The molecule has 4 heteroatoms. The van der Waals surface area contributed by atoms with E-state index in [1.165, 1.54) is 12.2 Å². The van der Waals surface area contributed by atoms with Gasteiger partial charge in [-0.1, -0.05) is 0 Å². The Hall–Kier alpha value is 0.230. The molecule has 1 aliphatic heterocycles. The molecule has 1 rings (SSSR count). The lowest BCUT2D eigenvalue weighted by Crippen LogP contribution is -2.45. The number of hydrogen-bond acceptors (Lipinski definition) is 4. The Bertz CT molecular complexity index is 113. The second-order valence-corrected chi connectivity index (χ2v) is 4.53. The van der Waals surface area contributed by atoms with Crippen LogP contribution in [-0.4, -0.2) is 49.9 Å². The molecule has 0 spiro atoms. The minimum Gasteiger partial charge on any atom is -0.308 e. The summed E-state index contributed by atoms with van der Waals surface area (Å²) in [6.07, 6.45) is 1.30. The van der Waals surface area contributed by atoms with E-state index >= 15 is 0 Å². The van der Waals surface area contributed by atoms with E-state index in [4.69, 9.17) is 0 Å². The smallest absolute Gasteiger partial charge is 0.105 e. The zero-order valence-corrected chi connectivity index (χ0v) is 8.78. The van der Waals surface area contributed by atoms with Crippen LogP contribution in [0.25, 0.3) is 0 Å². The molecule has 0 aromatic rings. The first-order chi connectivity index (χ1) is 5.79. The maximum atomic E-state index is 3.46. The average Bonchev–Trinajstić information content (AvgIpc) is 2.05. The molecule has 72 valence electrons. The van der Waals surface area contributed by atoms with E-state index in [-0.39, 0.29) is 0 Å². The van der Waals surface area contributed by atoms with Gasteiger partial charge in [-0.15, -0.1) is 11.8 Å².